The number of hydrogen-bond acceptors (Lipinski definition) is 1. The van der Waals surface area contributed by atoms with E-state index in [0.717, 1.165) is 66.8 Å². The maximum atomic E-state index is 14.3. The maximum absolute atomic E-state index is 14.3. The molecule has 0 fully saturated rings. The Hall–Kier alpha value is -6.46. The first-order valence-electron chi connectivity index (χ1n) is 16.2. The predicted molar refractivity (Wildman–Crippen MR) is 198 cm³/mol. The quantitative estimate of drug-likeness (QED) is 0.177. The predicted octanol–water partition coefficient (Wildman–Crippen LogP) is 12.1. The Morgan fingerprint density at radius 2 is 0.878 bits per heavy atom. The molecule has 2 aromatic heterocycles. The highest BCUT2D eigenvalue weighted by molar-refractivity contribution is 6.22. The average Bonchev–Trinajstić information content (AvgIpc) is 3.66. The van der Waals surface area contributed by atoms with E-state index in [9.17, 15) is 8.78 Å². The second kappa shape index (κ2) is 11.7. The molecule has 3 nitrogen and oxygen atoms in total. The fourth-order valence-electron chi connectivity index (χ4n) is 7.03. The third-order valence-corrected chi connectivity index (χ3v) is 9.23. The molecule has 5 heteroatoms. The molecule has 0 bridgehead atoms. The first-order chi connectivity index (χ1) is 24.1. The van der Waals surface area contributed by atoms with Crippen LogP contribution in [0.25, 0.3) is 55.3 Å². The lowest BCUT2D eigenvalue weighted by Crippen LogP contribution is -2.10. The Labute approximate surface area is 282 Å². The second-order valence-corrected chi connectivity index (χ2v) is 12.1. The third-order valence-electron chi connectivity index (χ3n) is 9.23. The van der Waals surface area contributed by atoms with Crippen molar-refractivity contribution in [2.75, 3.05) is 4.90 Å². The smallest absolute Gasteiger partial charge is 0.131 e. The summed E-state index contributed by atoms with van der Waals surface area (Å²) in [5, 5.41) is 3.22. The minimum Gasteiger partial charge on any atom is -0.310 e. The summed E-state index contributed by atoms with van der Waals surface area (Å²) in [5.41, 5.74) is 9.90. The minimum atomic E-state index is -0.301. The molecule has 0 aliphatic rings. The molecule has 9 rings (SSSR count). The number of para-hydroxylation sites is 2. The molecule has 0 amide bonds. The zero-order chi connectivity index (χ0) is 32.9. The summed E-state index contributed by atoms with van der Waals surface area (Å²) >= 11 is 0. The Balaban J connectivity index is 1.33. The van der Waals surface area contributed by atoms with Gasteiger partial charge < -0.3 is 4.90 Å². The molecule has 0 N–H and O–H groups in total. The number of hydrogen-bond donors (Lipinski definition) is 0. The van der Waals surface area contributed by atoms with Crippen molar-refractivity contribution >= 4 is 49.9 Å². The number of rotatable bonds is 6. The van der Waals surface area contributed by atoms with E-state index in [1.807, 2.05) is 48.5 Å². The largest absolute Gasteiger partial charge is 0.310 e. The van der Waals surface area contributed by atoms with Crippen molar-refractivity contribution in [1.82, 2.24) is 9.13 Å². The summed E-state index contributed by atoms with van der Waals surface area (Å²) < 4.78 is 32.9. The number of nitrogens with zero attached hydrogens (tertiary/aromatic N) is 3. The van der Waals surface area contributed by atoms with Crippen molar-refractivity contribution in [1.29, 1.82) is 0 Å². The lowest BCUT2D eigenvalue weighted by molar-refractivity contribution is 0.627. The van der Waals surface area contributed by atoms with E-state index in [1.165, 1.54) is 29.8 Å². The van der Waals surface area contributed by atoms with Gasteiger partial charge in [-0.3, -0.25) is 9.13 Å². The van der Waals surface area contributed by atoms with E-state index in [2.05, 4.69) is 105 Å². The van der Waals surface area contributed by atoms with Gasteiger partial charge >= 0.3 is 0 Å². The molecule has 0 spiro atoms. The fourth-order valence-corrected chi connectivity index (χ4v) is 7.03. The summed E-state index contributed by atoms with van der Waals surface area (Å²) in [4.78, 5) is 2.26. The van der Waals surface area contributed by atoms with Crippen LogP contribution in [0.1, 0.15) is 0 Å². The van der Waals surface area contributed by atoms with E-state index < -0.39 is 0 Å². The highest BCUT2D eigenvalue weighted by Crippen LogP contribution is 2.44. The molecule has 0 atom stereocenters. The van der Waals surface area contributed by atoms with E-state index in [4.69, 9.17) is 0 Å². The SMILES string of the molecule is Fc1ccc(-n2c3ccccc3c3c4ccc(N(c5ccccc5)c5ccc(-c6ccccc6)cc5)cc4n(-c4ccc(F)cc4)c32)cc1. The first kappa shape index (κ1) is 28.7. The average molecular weight is 638 g/mol. The Morgan fingerprint density at radius 3 is 1.53 bits per heavy atom. The van der Waals surface area contributed by atoms with Crippen LogP contribution >= 0.6 is 0 Å². The van der Waals surface area contributed by atoms with Gasteiger partial charge in [0.25, 0.3) is 0 Å². The highest BCUT2D eigenvalue weighted by atomic mass is 19.1. The van der Waals surface area contributed by atoms with Gasteiger partial charge in [-0.05, 0) is 102 Å². The highest BCUT2D eigenvalue weighted by Gasteiger charge is 2.23. The van der Waals surface area contributed by atoms with Crippen LogP contribution in [-0.4, -0.2) is 9.13 Å². The van der Waals surface area contributed by atoms with Gasteiger partial charge in [-0.1, -0.05) is 84.9 Å². The number of halogens is 2. The van der Waals surface area contributed by atoms with Gasteiger partial charge in [-0.2, -0.15) is 0 Å². The van der Waals surface area contributed by atoms with E-state index >= 15 is 0 Å². The molecule has 234 valence electrons. The van der Waals surface area contributed by atoms with Crippen LogP contribution in [0.4, 0.5) is 25.8 Å². The lowest BCUT2D eigenvalue weighted by atomic mass is 10.0. The maximum Gasteiger partial charge on any atom is 0.131 e. The number of aromatic nitrogens is 2. The molecule has 49 heavy (non-hydrogen) atoms. The summed E-state index contributed by atoms with van der Waals surface area (Å²) in [6.07, 6.45) is 0. The van der Waals surface area contributed by atoms with Crippen LogP contribution in [0.2, 0.25) is 0 Å². The van der Waals surface area contributed by atoms with Crippen LogP contribution in [0.3, 0.4) is 0 Å². The molecule has 0 aliphatic carbocycles. The molecule has 9 aromatic rings. The zero-order valence-corrected chi connectivity index (χ0v) is 26.3. The van der Waals surface area contributed by atoms with Gasteiger partial charge in [-0.15, -0.1) is 0 Å². The molecule has 0 radical (unpaired) electrons. The normalized spacial score (nSPS) is 11.5. The van der Waals surface area contributed by atoms with Crippen LogP contribution in [0.5, 0.6) is 0 Å². The number of fused-ring (bicyclic) bond motifs is 5. The summed E-state index contributed by atoms with van der Waals surface area (Å²) in [6, 6.07) is 57.4. The van der Waals surface area contributed by atoms with E-state index in [0.29, 0.717) is 0 Å². The lowest BCUT2D eigenvalue weighted by Gasteiger charge is -2.26. The van der Waals surface area contributed by atoms with Gasteiger partial charge in [0, 0.05) is 44.6 Å². The number of anilines is 3. The van der Waals surface area contributed by atoms with Gasteiger partial charge in [0.05, 0.1) is 11.0 Å². The van der Waals surface area contributed by atoms with Gasteiger partial charge in [0.1, 0.15) is 17.3 Å². The Bertz CT molecular complexity index is 2590. The van der Waals surface area contributed by atoms with Crippen LogP contribution in [0.15, 0.2) is 176 Å². The zero-order valence-electron chi connectivity index (χ0n) is 26.3. The third kappa shape index (κ3) is 4.86. The topological polar surface area (TPSA) is 13.1 Å². The molecule has 0 saturated carbocycles. The monoisotopic (exact) mass is 637 g/mol. The molecular formula is C44H29F2N3. The molecular weight excluding hydrogens is 609 g/mol. The minimum absolute atomic E-state index is 0.294. The van der Waals surface area contributed by atoms with Crippen molar-refractivity contribution < 1.29 is 8.78 Å². The molecule has 0 unspecified atom stereocenters. The summed E-state index contributed by atoms with van der Waals surface area (Å²) in [5.74, 6) is -0.594. The van der Waals surface area contributed by atoms with Crippen molar-refractivity contribution in [2.45, 2.75) is 0 Å². The Kier molecular flexibility index (Phi) is 6.83. The Morgan fingerprint density at radius 1 is 0.388 bits per heavy atom. The summed E-state index contributed by atoms with van der Waals surface area (Å²) in [6.45, 7) is 0. The molecule has 0 aliphatic heterocycles. The van der Waals surface area contributed by atoms with Crippen molar-refractivity contribution in [3.8, 4) is 22.5 Å². The van der Waals surface area contributed by atoms with E-state index in [-0.39, 0.29) is 11.6 Å². The molecule has 2 heterocycles. The van der Waals surface area contributed by atoms with Crippen molar-refractivity contribution in [3.05, 3.63) is 188 Å². The van der Waals surface area contributed by atoms with Crippen molar-refractivity contribution in [2.24, 2.45) is 0 Å². The standard InChI is InChI=1S/C44H29F2N3/c45-32-17-23-36(24-18-32)48-41-14-8-7-13-39(41)43-40-28-27-38(29-42(40)49(44(43)48)37-25-19-33(46)20-26-37)47(34-11-5-2-6-12-34)35-21-15-31(16-22-35)30-9-3-1-4-10-30/h1-29H. The molecule has 0 saturated heterocycles. The van der Waals surface area contributed by atoms with E-state index in [1.54, 1.807) is 12.1 Å². The van der Waals surface area contributed by atoms with Crippen LogP contribution in [-0.2, 0) is 0 Å². The molecule has 7 aromatic carbocycles. The van der Waals surface area contributed by atoms with Crippen LogP contribution < -0.4 is 4.90 Å². The van der Waals surface area contributed by atoms with Gasteiger partial charge in [-0.25, -0.2) is 8.78 Å². The first-order valence-corrected chi connectivity index (χ1v) is 16.2. The fraction of sp³-hybridized carbons (Fsp3) is 0. The van der Waals surface area contributed by atoms with Crippen LogP contribution in [0, 0.1) is 11.6 Å². The second-order valence-electron chi connectivity index (χ2n) is 12.1. The number of benzene rings is 7. The van der Waals surface area contributed by atoms with Gasteiger partial charge in [0.2, 0.25) is 0 Å². The van der Waals surface area contributed by atoms with Gasteiger partial charge in [0.15, 0.2) is 0 Å². The summed E-state index contributed by atoms with van der Waals surface area (Å²) in [7, 11) is 0. The van der Waals surface area contributed by atoms with Crippen molar-refractivity contribution in [3.63, 3.8) is 0 Å².